The maximum absolute atomic E-state index is 5.38. The van der Waals surface area contributed by atoms with Crippen molar-refractivity contribution >= 4 is 191 Å². The van der Waals surface area contributed by atoms with Gasteiger partial charge in [0.25, 0.3) is 0 Å². The summed E-state index contributed by atoms with van der Waals surface area (Å²) >= 11 is 7.33. The summed E-state index contributed by atoms with van der Waals surface area (Å²) in [5.74, 6) is 2.14. The minimum Gasteiger partial charge on any atom is -0.309 e. The Bertz CT molecular complexity index is 10200. The van der Waals surface area contributed by atoms with E-state index in [1.165, 1.54) is 124 Å². The van der Waals surface area contributed by atoms with E-state index < -0.39 is 0 Å². The van der Waals surface area contributed by atoms with Gasteiger partial charge in [-0.05, 0) is 169 Å². The molecular weight excluding hydrogens is 1840 g/mol. The van der Waals surface area contributed by atoms with Crippen molar-refractivity contribution < 1.29 is 0 Å². The lowest BCUT2D eigenvalue weighted by atomic mass is 10.0. The van der Waals surface area contributed by atoms with Crippen LogP contribution in [0.4, 0.5) is 0 Å². The largest absolute Gasteiger partial charge is 0.309 e. The van der Waals surface area contributed by atoms with Crippen LogP contribution in [0.25, 0.3) is 276 Å². The second kappa shape index (κ2) is 35.6. The molecule has 0 aliphatic rings. The molecule has 9 nitrogen and oxygen atoms in total. The molecule has 30 rings (SSSR count). The van der Waals surface area contributed by atoms with E-state index in [0.717, 1.165) is 140 Å². The number of benzene rings is 20. The van der Waals surface area contributed by atoms with Gasteiger partial charge < -0.3 is 13.7 Å². The molecule has 30 aromatic rings. The zero-order valence-electron chi connectivity index (χ0n) is 77.9. The van der Waals surface area contributed by atoms with Crippen LogP contribution in [-0.4, -0.2) is 43.6 Å². The highest BCUT2D eigenvalue weighted by Gasteiger charge is 2.25. The van der Waals surface area contributed by atoms with Gasteiger partial charge in [0, 0.05) is 180 Å². The van der Waals surface area contributed by atoms with Gasteiger partial charge in [-0.15, -0.1) is 45.3 Å². The number of hydrogen-bond acceptors (Lipinski definition) is 10. The summed E-state index contributed by atoms with van der Waals surface area (Å²) < 4.78 is 17.3. The number of nitrogens with zero attached hydrogens (tertiary/aromatic N) is 9. The van der Waals surface area contributed by atoms with Crippen molar-refractivity contribution in [1.29, 1.82) is 0 Å². The Kier molecular flexibility index (Phi) is 20.9. The van der Waals surface area contributed by atoms with Crippen LogP contribution in [0.1, 0.15) is 0 Å². The fourth-order valence-corrected chi connectivity index (χ4v) is 25.8. The molecular formula is C132H81N9S4. The number of rotatable bonds is 13. The zero-order chi connectivity index (χ0) is 95.5. The Morgan fingerprint density at radius 1 is 0.138 bits per heavy atom. The molecule has 10 aromatic heterocycles. The summed E-state index contributed by atoms with van der Waals surface area (Å²) in [4.78, 5) is 31.7. The van der Waals surface area contributed by atoms with Crippen molar-refractivity contribution in [3.05, 3.63) is 491 Å². The van der Waals surface area contributed by atoms with Crippen molar-refractivity contribution in [3.63, 3.8) is 0 Å². The molecule has 678 valence electrons. The first-order valence-corrected chi connectivity index (χ1v) is 51.9. The summed E-state index contributed by atoms with van der Waals surface area (Å²) in [6.45, 7) is 0. The van der Waals surface area contributed by atoms with Crippen LogP contribution in [0.3, 0.4) is 0 Å². The van der Waals surface area contributed by atoms with Crippen LogP contribution in [0.2, 0.25) is 0 Å². The highest BCUT2D eigenvalue weighted by molar-refractivity contribution is 7.27. The normalized spacial score (nSPS) is 11.7. The standard InChI is InChI=1S/C46H27N3S2.C46H29N3S.C40H25N3S/c1-2-11-30(12-3-1)49-39-17-7-4-15-35(39)45-36(16-10-18-40(45)49)46-47-37(28-21-23-33-31-13-5-8-19-41(31)50-43(33)25-28)27-38(48-46)29-22-24-34-32-14-6-9-20-42(32)51-44(34)26-29;1-3-12-30(13-4-1)31-14-11-15-32(26-31)40-29-41(33-22-24-38-37-19-8-10-21-44(37)50-45(38)28-33)48-46(47-40)34-23-25-43-39(27-34)36-18-7-9-20-42(36)49(43)35-16-5-2-6-17-35;1-3-11-26(12-4-1)34-25-35(27-19-22-33-32-16-8-10-18-38(32)44-39(33)24-27)42-40(41-34)28-20-21-31-30-15-7-9-17-36(30)43(37(31)23-28)29-13-5-2-6-14-29/h1-27H;1-29H;1-25H. The molecule has 0 unspecified atom stereocenters. The fourth-order valence-electron chi connectivity index (χ4n) is 21.2. The molecule has 0 amide bonds. The average Bonchev–Trinajstić information content (AvgIpc) is 1.58. The predicted octanol–water partition coefficient (Wildman–Crippen LogP) is 36.9. The minimum atomic E-state index is 0.706. The Balaban J connectivity index is 0.000000106. The summed E-state index contributed by atoms with van der Waals surface area (Å²) in [5.41, 5.74) is 27.6. The smallest absolute Gasteiger partial charge is 0.161 e. The highest BCUT2D eigenvalue weighted by atomic mass is 32.1. The topological polar surface area (TPSA) is 92.1 Å². The van der Waals surface area contributed by atoms with E-state index in [9.17, 15) is 0 Å². The average molecular weight is 1920 g/mol. The van der Waals surface area contributed by atoms with E-state index in [-0.39, 0.29) is 0 Å². The van der Waals surface area contributed by atoms with Gasteiger partial charge in [-0.25, -0.2) is 29.9 Å². The van der Waals surface area contributed by atoms with Crippen molar-refractivity contribution in [2.24, 2.45) is 0 Å². The number of fused-ring (bicyclic) bond motifs is 21. The molecule has 13 heteroatoms. The Morgan fingerprint density at radius 2 is 0.414 bits per heavy atom. The first-order valence-electron chi connectivity index (χ1n) is 48.6. The van der Waals surface area contributed by atoms with Crippen molar-refractivity contribution in [2.45, 2.75) is 0 Å². The molecule has 0 spiro atoms. The van der Waals surface area contributed by atoms with Gasteiger partial charge in [0.05, 0.1) is 67.3 Å². The lowest BCUT2D eigenvalue weighted by Gasteiger charge is -2.11. The molecule has 10 heterocycles. The summed E-state index contributed by atoms with van der Waals surface area (Å²) in [6, 6.07) is 175. The molecule has 0 atom stereocenters. The van der Waals surface area contributed by atoms with Crippen LogP contribution >= 0.6 is 45.3 Å². The summed E-state index contributed by atoms with van der Waals surface area (Å²) in [5, 5.41) is 17.5. The number of aromatic nitrogens is 9. The lowest BCUT2D eigenvalue weighted by molar-refractivity contribution is 1.17. The molecule has 0 radical (unpaired) electrons. The molecule has 0 bridgehead atoms. The molecule has 0 aliphatic carbocycles. The number of para-hydroxylation sites is 6. The number of thiophene rings is 4. The third-order valence-corrected chi connectivity index (χ3v) is 32.6. The first kappa shape index (κ1) is 84.9. The van der Waals surface area contributed by atoms with E-state index in [0.29, 0.717) is 11.6 Å². The van der Waals surface area contributed by atoms with E-state index >= 15 is 0 Å². The highest BCUT2D eigenvalue weighted by Crippen LogP contribution is 2.47. The zero-order valence-corrected chi connectivity index (χ0v) is 81.2. The number of hydrogen-bond donors (Lipinski definition) is 0. The third-order valence-electron chi connectivity index (χ3n) is 28.1. The SMILES string of the molecule is c1ccc(-c2cc(-c3ccc4c(c3)sc3ccccc34)nc(-c3ccc4c5ccccc5n(-c5ccccc5)c4c3)n2)cc1.c1ccc(-c2cccc(-c3cc(-c4ccc5c(c4)sc4ccccc45)nc(-c4ccc5c(c4)c4ccccc4n5-c4ccccc4)n3)c2)cc1.c1ccc(-n2c3ccccc3c3c(-c4nc(-c5ccc6c(c5)sc5ccccc56)cc(-c5ccc6c(c5)sc5ccccc56)n4)cccc32)cc1. The maximum atomic E-state index is 5.38. The van der Waals surface area contributed by atoms with E-state index in [1.807, 2.05) is 51.4 Å². The van der Waals surface area contributed by atoms with Crippen LogP contribution in [0.15, 0.2) is 491 Å². The maximum Gasteiger partial charge on any atom is 0.161 e. The molecule has 0 saturated heterocycles. The molecule has 20 aromatic carbocycles. The van der Waals surface area contributed by atoms with Crippen LogP contribution < -0.4 is 0 Å². The first-order chi connectivity index (χ1) is 71.8. The van der Waals surface area contributed by atoms with Crippen LogP contribution in [-0.2, 0) is 0 Å². The van der Waals surface area contributed by atoms with Gasteiger partial charge in [-0.1, -0.05) is 334 Å². The van der Waals surface area contributed by atoms with Gasteiger partial charge in [0.15, 0.2) is 17.5 Å². The van der Waals surface area contributed by atoms with Gasteiger partial charge in [-0.2, -0.15) is 0 Å². The quantitative estimate of drug-likeness (QED) is 0.114. The van der Waals surface area contributed by atoms with Gasteiger partial charge >= 0.3 is 0 Å². The summed E-state index contributed by atoms with van der Waals surface area (Å²) in [7, 11) is 0. The third kappa shape index (κ3) is 15.2. The minimum absolute atomic E-state index is 0.706. The summed E-state index contributed by atoms with van der Waals surface area (Å²) in [6.07, 6.45) is 0. The van der Waals surface area contributed by atoms with Crippen LogP contribution in [0, 0.1) is 0 Å². The van der Waals surface area contributed by atoms with Crippen molar-refractivity contribution in [3.8, 4) is 130 Å². The van der Waals surface area contributed by atoms with E-state index in [1.54, 1.807) is 0 Å². The monoisotopic (exact) mass is 1920 g/mol. The second-order valence-electron chi connectivity index (χ2n) is 36.7. The van der Waals surface area contributed by atoms with E-state index in [2.05, 4.69) is 499 Å². The molecule has 0 saturated carbocycles. The van der Waals surface area contributed by atoms with Crippen molar-refractivity contribution in [1.82, 2.24) is 43.6 Å². The molecule has 145 heavy (non-hydrogen) atoms. The second-order valence-corrected chi connectivity index (χ2v) is 41.0. The van der Waals surface area contributed by atoms with Crippen molar-refractivity contribution in [2.75, 3.05) is 0 Å². The van der Waals surface area contributed by atoms with Gasteiger partial charge in [0.1, 0.15) is 0 Å². The van der Waals surface area contributed by atoms with Crippen LogP contribution in [0.5, 0.6) is 0 Å². The molecule has 0 N–H and O–H groups in total. The van der Waals surface area contributed by atoms with Gasteiger partial charge in [-0.3, -0.25) is 0 Å². The van der Waals surface area contributed by atoms with E-state index in [4.69, 9.17) is 29.9 Å². The predicted molar refractivity (Wildman–Crippen MR) is 615 cm³/mol. The molecule has 0 fully saturated rings. The van der Waals surface area contributed by atoms with Gasteiger partial charge in [0.2, 0.25) is 0 Å². The Labute approximate surface area is 849 Å². The Hall–Kier alpha value is -18.1. The Morgan fingerprint density at radius 3 is 0.862 bits per heavy atom. The molecule has 0 aliphatic heterocycles. The lowest BCUT2D eigenvalue weighted by Crippen LogP contribution is -1.97. The fraction of sp³-hybridized carbons (Fsp3) is 0.